The van der Waals surface area contributed by atoms with Crippen LogP contribution in [0.15, 0.2) is 60.7 Å². The van der Waals surface area contributed by atoms with Crippen molar-refractivity contribution in [3.8, 4) is 0 Å². The number of piperidine rings is 1. The molecule has 1 spiro atoms. The van der Waals surface area contributed by atoms with E-state index in [-0.39, 0.29) is 5.54 Å². The van der Waals surface area contributed by atoms with E-state index in [0.29, 0.717) is 5.91 Å². The number of carbonyl (C=O) groups is 1. The van der Waals surface area contributed by atoms with Gasteiger partial charge >= 0.3 is 0 Å². The Bertz CT molecular complexity index is 769. The van der Waals surface area contributed by atoms with Crippen molar-refractivity contribution in [2.24, 2.45) is 0 Å². The quantitative estimate of drug-likeness (QED) is 0.766. The van der Waals surface area contributed by atoms with Gasteiger partial charge in [0.05, 0.1) is 6.67 Å². The molecule has 4 heteroatoms. The van der Waals surface area contributed by atoms with Crippen molar-refractivity contribution in [2.75, 3.05) is 37.7 Å². The van der Waals surface area contributed by atoms with E-state index in [1.165, 1.54) is 11.3 Å². The molecule has 4 nitrogen and oxygen atoms in total. The van der Waals surface area contributed by atoms with Gasteiger partial charge in [0, 0.05) is 31.9 Å². The fraction of sp³-hybridized carbons (Fsp3) is 0.458. The number of nitrogens with zero attached hydrogens (tertiary/aromatic N) is 3. The van der Waals surface area contributed by atoms with Gasteiger partial charge in [0.1, 0.15) is 5.54 Å². The average molecular weight is 378 g/mol. The Hall–Kier alpha value is -2.33. The van der Waals surface area contributed by atoms with Gasteiger partial charge in [-0.2, -0.15) is 0 Å². The molecule has 0 radical (unpaired) electrons. The number of rotatable bonds is 6. The van der Waals surface area contributed by atoms with Crippen LogP contribution >= 0.6 is 0 Å². The molecule has 0 aliphatic carbocycles. The molecule has 0 saturated carbocycles. The summed E-state index contributed by atoms with van der Waals surface area (Å²) in [4.78, 5) is 20.4. The molecule has 4 rings (SSSR count). The van der Waals surface area contributed by atoms with Crippen LogP contribution in [0.1, 0.15) is 31.7 Å². The number of likely N-dealkylation sites (tertiary alicyclic amines) is 1. The normalized spacial score (nSPS) is 19.5. The maximum atomic E-state index is 13.4. The largest absolute Gasteiger partial charge is 0.339 e. The van der Waals surface area contributed by atoms with Crippen molar-refractivity contribution in [1.29, 1.82) is 0 Å². The number of hydrogen-bond acceptors (Lipinski definition) is 3. The molecule has 1 amide bonds. The number of hydrogen-bond donors (Lipinski definition) is 0. The molecule has 2 aromatic rings. The van der Waals surface area contributed by atoms with Crippen LogP contribution in [-0.4, -0.2) is 54.1 Å². The van der Waals surface area contributed by atoms with E-state index >= 15 is 0 Å². The third kappa shape index (κ3) is 3.66. The Morgan fingerprint density at radius 1 is 0.893 bits per heavy atom. The molecule has 0 N–H and O–H groups in total. The number of amides is 1. The van der Waals surface area contributed by atoms with Gasteiger partial charge in [-0.25, -0.2) is 0 Å². The molecule has 0 unspecified atom stereocenters. The van der Waals surface area contributed by atoms with E-state index in [1.807, 2.05) is 6.07 Å². The van der Waals surface area contributed by atoms with E-state index in [4.69, 9.17) is 0 Å². The summed E-state index contributed by atoms with van der Waals surface area (Å²) >= 11 is 0. The lowest BCUT2D eigenvalue weighted by Gasteiger charge is -2.43. The summed E-state index contributed by atoms with van der Waals surface area (Å²) in [5.74, 6) is 0.334. The van der Waals surface area contributed by atoms with Crippen molar-refractivity contribution >= 4 is 11.6 Å². The Morgan fingerprint density at radius 2 is 1.54 bits per heavy atom. The van der Waals surface area contributed by atoms with Crippen LogP contribution in [-0.2, 0) is 11.2 Å². The highest BCUT2D eigenvalue weighted by Gasteiger charge is 2.53. The zero-order valence-electron chi connectivity index (χ0n) is 16.9. The summed E-state index contributed by atoms with van der Waals surface area (Å²) in [6, 6.07) is 21.2. The van der Waals surface area contributed by atoms with Crippen molar-refractivity contribution < 1.29 is 4.79 Å². The van der Waals surface area contributed by atoms with Crippen LogP contribution in [0.25, 0.3) is 0 Å². The second kappa shape index (κ2) is 8.36. The van der Waals surface area contributed by atoms with Crippen molar-refractivity contribution in [2.45, 2.75) is 38.1 Å². The molecule has 2 fully saturated rings. The first kappa shape index (κ1) is 19.0. The summed E-state index contributed by atoms with van der Waals surface area (Å²) in [7, 11) is 0. The van der Waals surface area contributed by atoms with Gasteiger partial charge in [-0.1, -0.05) is 55.5 Å². The minimum atomic E-state index is -0.361. The Balaban J connectivity index is 1.46. The molecule has 0 bridgehead atoms. The second-order valence-electron chi connectivity index (χ2n) is 8.08. The first-order valence-corrected chi connectivity index (χ1v) is 10.6. The Kier molecular flexibility index (Phi) is 5.67. The van der Waals surface area contributed by atoms with E-state index in [1.54, 1.807) is 0 Å². The summed E-state index contributed by atoms with van der Waals surface area (Å²) in [5.41, 5.74) is 2.20. The highest BCUT2D eigenvalue weighted by molar-refractivity contribution is 5.93. The van der Waals surface area contributed by atoms with Crippen LogP contribution in [0, 0.1) is 0 Å². The van der Waals surface area contributed by atoms with E-state index < -0.39 is 0 Å². The predicted molar refractivity (Wildman–Crippen MR) is 114 cm³/mol. The molecule has 2 aliphatic heterocycles. The van der Waals surface area contributed by atoms with Crippen LogP contribution in [0.2, 0.25) is 0 Å². The maximum Gasteiger partial charge on any atom is 0.250 e. The minimum absolute atomic E-state index is 0.334. The number of benzene rings is 2. The van der Waals surface area contributed by atoms with Crippen LogP contribution < -0.4 is 4.90 Å². The van der Waals surface area contributed by atoms with E-state index in [2.05, 4.69) is 76.2 Å². The lowest BCUT2D eigenvalue weighted by Crippen LogP contribution is -2.56. The first-order valence-electron chi connectivity index (χ1n) is 10.6. The highest BCUT2D eigenvalue weighted by atomic mass is 16.2. The third-order valence-electron chi connectivity index (χ3n) is 6.32. The molecule has 0 aromatic heterocycles. The standard InChI is InChI=1S/C24H31N3O/c1-2-16-26-20-27(22-11-7-4-8-12-22)24(23(26)28)14-18-25(19-15-24)17-13-21-9-5-3-6-10-21/h3-12H,2,13-20H2,1H3. The van der Waals surface area contributed by atoms with Gasteiger partial charge in [-0.3, -0.25) is 4.79 Å². The lowest BCUT2D eigenvalue weighted by molar-refractivity contribution is -0.133. The molecule has 2 aliphatic rings. The molecule has 148 valence electrons. The smallest absolute Gasteiger partial charge is 0.250 e. The van der Waals surface area contributed by atoms with Crippen LogP contribution in [0.3, 0.4) is 0 Å². The maximum absolute atomic E-state index is 13.4. The molecule has 2 aromatic carbocycles. The van der Waals surface area contributed by atoms with Gasteiger partial charge in [0.2, 0.25) is 5.91 Å². The fourth-order valence-electron chi connectivity index (χ4n) is 4.72. The van der Waals surface area contributed by atoms with Gasteiger partial charge in [0.15, 0.2) is 0 Å². The molecule has 2 heterocycles. The number of para-hydroxylation sites is 1. The predicted octanol–water partition coefficient (Wildman–Crippen LogP) is 3.78. The minimum Gasteiger partial charge on any atom is -0.339 e. The average Bonchev–Trinajstić information content (AvgIpc) is 3.01. The molecular formula is C24H31N3O. The monoisotopic (exact) mass is 377 g/mol. The van der Waals surface area contributed by atoms with E-state index in [9.17, 15) is 4.79 Å². The summed E-state index contributed by atoms with van der Waals surface area (Å²) < 4.78 is 0. The highest BCUT2D eigenvalue weighted by Crippen LogP contribution is 2.39. The van der Waals surface area contributed by atoms with Crippen molar-refractivity contribution in [3.05, 3.63) is 66.2 Å². The van der Waals surface area contributed by atoms with Crippen molar-refractivity contribution in [1.82, 2.24) is 9.80 Å². The summed E-state index contributed by atoms with van der Waals surface area (Å²) in [6.45, 7) is 6.77. The fourth-order valence-corrected chi connectivity index (χ4v) is 4.72. The zero-order chi connectivity index (χ0) is 19.4. The van der Waals surface area contributed by atoms with Crippen LogP contribution in [0.5, 0.6) is 0 Å². The van der Waals surface area contributed by atoms with Gasteiger partial charge in [0.25, 0.3) is 0 Å². The number of carbonyl (C=O) groups excluding carboxylic acids is 1. The summed E-state index contributed by atoms with van der Waals surface area (Å²) in [6.07, 6.45) is 3.91. The van der Waals surface area contributed by atoms with Crippen molar-refractivity contribution in [3.63, 3.8) is 0 Å². The zero-order valence-corrected chi connectivity index (χ0v) is 16.9. The Morgan fingerprint density at radius 3 is 2.18 bits per heavy atom. The SMILES string of the molecule is CCCN1CN(c2ccccc2)C2(CCN(CCc3ccccc3)CC2)C1=O. The Labute approximate surface area is 168 Å². The first-order chi connectivity index (χ1) is 13.7. The topological polar surface area (TPSA) is 26.8 Å². The molecular weight excluding hydrogens is 346 g/mol. The lowest BCUT2D eigenvalue weighted by atomic mass is 9.85. The van der Waals surface area contributed by atoms with E-state index in [0.717, 1.165) is 58.5 Å². The molecule has 0 atom stereocenters. The molecule has 2 saturated heterocycles. The number of anilines is 1. The molecule has 28 heavy (non-hydrogen) atoms. The third-order valence-corrected chi connectivity index (χ3v) is 6.32. The summed E-state index contributed by atoms with van der Waals surface area (Å²) in [5, 5.41) is 0. The van der Waals surface area contributed by atoms with Crippen LogP contribution in [0.4, 0.5) is 5.69 Å². The van der Waals surface area contributed by atoms with Gasteiger partial charge in [-0.15, -0.1) is 0 Å². The van der Waals surface area contributed by atoms with Gasteiger partial charge < -0.3 is 14.7 Å². The second-order valence-corrected chi connectivity index (χ2v) is 8.08. The van der Waals surface area contributed by atoms with Gasteiger partial charge in [-0.05, 0) is 43.4 Å².